The third kappa shape index (κ3) is 4.68. The number of benzene rings is 1. The second-order valence-electron chi connectivity index (χ2n) is 4.06. The highest BCUT2D eigenvalue weighted by atomic mass is 79.9. The summed E-state index contributed by atoms with van der Waals surface area (Å²) in [5, 5.41) is 1.65. The molecule has 0 unspecified atom stereocenters. The molecule has 3 nitrogen and oxygen atoms in total. The van der Waals surface area contributed by atoms with E-state index in [1.807, 2.05) is 39.0 Å². The Labute approximate surface area is 143 Å². The summed E-state index contributed by atoms with van der Waals surface area (Å²) < 4.78 is 22.8. The van der Waals surface area contributed by atoms with Crippen molar-refractivity contribution in [1.29, 1.82) is 0 Å². The number of rotatable bonds is 6. The van der Waals surface area contributed by atoms with Crippen LogP contribution >= 0.6 is 27.3 Å². The van der Waals surface area contributed by atoms with Crippen molar-refractivity contribution in [2.75, 3.05) is 20.4 Å². The van der Waals surface area contributed by atoms with E-state index < -0.39 is 6.67 Å². The van der Waals surface area contributed by atoms with Gasteiger partial charge in [-0.05, 0) is 25.1 Å². The minimum atomic E-state index is -0.530. The van der Waals surface area contributed by atoms with Crippen LogP contribution in [0, 0.1) is 6.92 Å². The van der Waals surface area contributed by atoms with Gasteiger partial charge in [-0.3, -0.25) is 0 Å². The van der Waals surface area contributed by atoms with Gasteiger partial charge in [0, 0.05) is 15.8 Å². The average molecular weight is 390 g/mol. The Balaban J connectivity index is 0.00000116. The van der Waals surface area contributed by atoms with Crippen molar-refractivity contribution in [3.63, 3.8) is 0 Å². The maximum absolute atomic E-state index is 12.3. The summed E-state index contributed by atoms with van der Waals surface area (Å²) >= 11 is 5.05. The summed E-state index contributed by atoms with van der Waals surface area (Å²) in [4.78, 5) is 5.76. The molecule has 0 N–H and O–H groups in total. The maximum atomic E-state index is 12.3. The summed E-state index contributed by atoms with van der Waals surface area (Å²) in [7, 11) is 1.56. The number of aryl methyl sites for hydroxylation is 1. The fourth-order valence-corrected chi connectivity index (χ4v) is 3.40. The minimum Gasteiger partial charge on any atom is -0.493 e. The fraction of sp³-hybridized carbons (Fsp3) is 0.438. The van der Waals surface area contributed by atoms with E-state index in [-0.39, 0.29) is 6.61 Å². The van der Waals surface area contributed by atoms with Gasteiger partial charge in [0.05, 0.1) is 12.8 Å². The van der Waals surface area contributed by atoms with E-state index >= 15 is 0 Å². The first kappa shape index (κ1) is 18.9. The molecule has 122 valence electrons. The van der Waals surface area contributed by atoms with E-state index in [1.54, 1.807) is 18.4 Å². The molecule has 0 spiro atoms. The first-order valence-corrected chi connectivity index (χ1v) is 9.02. The second kappa shape index (κ2) is 9.79. The first-order chi connectivity index (χ1) is 10.7. The lowest BCUT2D eigenvalue weighted by Gasteiger charge is -2.10. The van der Waals surface area contributed by atoms with Crippen molar-refractivity contribution in [3.8, 4) is 22.1 Å². The van der Waals surface area contributed by atoms with Gasteiger partial charge < -0.3 is 9.47 Å². The molecule has 0 saturated heterocycles. The normalized spacial score (nSPS) is 9.91. The standard InChI is InChI=1S/C14H15BrFNO2S.C2H6/c1-9-11(8-15)17-14(20-9)10-3-4-12(18-2)13(7-10)19-6-5-16;1-2/h3-4,7H,5-6,8H2,1-2H3;1-2H3. The summed E-state index contributed by atoms with van der Waals surface area (Å²) in [6.07, 6.45) is 0. The van der Waals surface area contributed by atoms with Gasteiger partial charge in [-0.1, -0.05) is 29.8 Å². The molecule has 1 aromatic carbocycles. The highest BCUT2D eigenvalue weighted by Gasteiger charge is 2.12. The van der Waals surface area contributed by atoms with Crippen molar-refractivity contribution in [3.05, 3.63) is 28.8 Å². The molecule has 1 heterocycles. The number of hydrogen-bond acceptors (Lipinski definition) is 4. The van der Waals surface area contributed by atoms with Crippen molar-refractivity contribution in [2.24, 2.45) is 0 Å². The van der Waals surface area contributed by atoms with Gasteiger partial charge >= 0.3 is 0 Å². The molecule has 0 atom stereocenters. The van der Waals surface area contributed by atoms with E-state index in [2.05, 4.69) is 20.9 Å². The smallest absolute Gasteiger partial charge is 0.161 e. The average Bonchev–Trinajstić information content (AvgIpc) is 2.95. The molecule has 0 fully saturated rings. The van der Waals surface area contributed by atoms with Crippen LogP contribution in [-0.2, 0) is 5.33 Å². The topological polar surface area (TPSA) is 31.4 Å². The highest BCUT2D eigenvalue weighted by Crippen LogP contribution is 2.35. The lowest BCUT2D eigenvalue weighted by atomic mass is 10.2. The molecule has 0 aliphatic rings. The molecule has 0 saturated carbocycles. The first-order valence-electron chi connectivity index (χ1n) is 7.09. The van der Waals surface area contributed by atoms with Gasteiger partial charge in [-0.15, -0.1) is 11.3 Å². The number of aromatic nitrogens is 1. The molecular weight excluding hydrogens is 369 g/mol. The van der Waals surface area contributed by atoms with Gasteiger partial charge in [-0.25, -0.2) is 9.37 Å². The Bertz CT molecular complexity index is 590. The Morgan fingerprint density at radius 2 is 2.00 bits per heavy atom. The number of ether oxygens (including phenoxy) is 2. The predicted molar refractivity (Wildman–Crippen MR) is 94.3 cm³/mol. The Kier molecular flexibility index (Phi) is 8.42. The number of nitrogens with zero attached hydrogens (tertiary/aromatic N) is 1. The third-order valence-electron chi connectivity index (χ3n) is 2.76. The van der Waals surface area contributed by atoms with Crippen molar-refractivity contribution < 1.29 is 13.9 Å². The molecule has 2 rings (SSSR count). The van der Waals surface area contributed by atoms with E-state index in [4.69, 9.17) is 9.47 Å². The zero-order chi connectivity index (χ0) is 16.5. The molecule has 0 amide bonds. The maximum Gasteiger partial charge on any atom is 0.161 e. The Hall–Kier alpha value is -1.14. The third-order valence-corrected chi connectivity index (χ3v) is 4.36. The highest BCUT2D eigenvalue weighted by molar-refractivity contribution is 9.08. The number of thiazole rings is 1. The lowest BCUT2D eigenvalue weighted by Crippen LogP contribution is -2.00. The lowest BCUT2D eigenvalue weighted by molar-refractivity contribution is 0.260. The van der Waals surface area contributed by atoms with E-state index in [0.29, 0.717) is 11.5 Å². The number of methoxy groups -OCH3 is 1. The van der Waals surface area contributed by atoms with Crippen LogP contribution in [0.3, 0.4) is 0 Å². The van der Waals surface area contributed by atoms with E-state index in [0.717, 1.165) is 21.6 Å². The van der Waals surface area contributed by atoms with Crippen LogP contribution in [0.2, 0.25) is 0 Å². The van der Waals surface area contributed by atoms with Gasteiger partial charge in [0.25, 0.3) is 0 Å². The van der Waals surface area contributed by atoms with Crippen LogP contribution in [-0.4, -0.2) is 25.4 Å². The molecule has 6 heteroatoms. The van der Waals surface area contributed by atoms with Crippen LogP contribution < -0.4 is 9.47 Å². The predicted octanol–water partition coefficient (Wildman–Crippen LogP) is 5.40. The number of hydrogen-bond donors (Lipinski definition) is 0. The van der Waals surface area contributed by atoms with Crippen LogP contribution in [0.4, 0.5) is 4.39 Å². The Morgan fingerprint density at radius 1 is 1.27 bits per heavy atom. The van der Waals surface area contributed by atoms with Crippen molar-refractivity contribution in [2.45, 2.75) is 26.1 Å². The van der Waals surface area contributed by atoms with E-state index in [1.165, 1.54) is 4.88 Å². The van der Waals surface area contributed by atoms with Crippen LogP contribution in [0.1, 0.15) is 24.4 Å². The van der Waals surface area contributed by atoms with E-state index in [9.17, 15) is 4.39 Å². The van der Waals surface area contributed by atoms with Crippen LogP contribution in [0.25, 0.3) is 10.6 Å². The van der Waals surface area contributed by atoms with Gasteiger partial charge in [0.1, 0.15) is 18.3 Å². The zero-order valence-electron chi connectivity index (χ0n) is 13.3. The molecular formula is C16H21BrFNO2S. The summed E-state index contributed by atoms with van der Waals surface area (Å²) in [6.45, 7) is 5.53. The summed E-state index contributed by atoms with van der Waals surface area (Å²) in [5.41, 5.74) is 1.98. The fourth-order valence-electron chi connectivity index (χ4n) is 1.75. The van der Waals surface area contributed by atoms with Crippen molar-refractivity contribution >= 4 is 27.3 Å². The molecule has 2 aromatic rings. The molecule has 22 heavy (non-hydrogen) atoms. The monoisotopic (exact) mass is 389 g/mol. The zero-order valence-corrected chi connectivity index (χ0v) is 15.7. The minimum absolute atomic E-state index is 0.0172. The SMILES string of the molecule is CC.COc1ccc(-c2nc(CBr)c(C)s2)cc1OCCF. The van der Waals surface area contributed by atoms with Crippen LogP contribution in [0.5, 0.6) is 11.5 Å². The number of halogens is 2. The molecule has 1 aromatic heterocycles. The van der Waals surface area contributed by atoms with Crippen LogP contribution in [0.15, 0.2) is 18.2 Å². The second-order valence-corrected chi connectivity index (χ2v) is 5.82. The summed E-state index contributed by atoms with van der Waals surface area (Å²) in [5.74, 6) is 1.13. The van der Waals surface area contributed by atoms with Crippen molar-refractivity contribution in [1.82, 2.24) is 4.98 Å². The largest absolute Gasteiger partial charge is 0.493 e. The molecule has 0 aliphatic heterocycles. The van der Waals surface area contributed by atoms with Gasteiger partial charge in [-0.2, -0.15) is 0 Å². The van der Waals surface area contributed by atoms with Gasteiger partial charge in [0.2, 0.25) is 0 Å². The summed E-state index contributed by atoms with van der Waals surface area (Å²) in [6, 6.07) is 5.58. The quantitative estimate of drug-likeness (QED) is 0.620. The molecule has 0 aliphatic carbocycles. The molecule has 0 radical (unpaired) electrons. The Morgan fingerprint density at radius 3 is 2.55 bits per heavy atom. The van der Waals surface area contributed by atoms with Gasteiger partial charge in [0.15, 0.2) is 11.5 Å². The molecule has 0 bridgehead atoms. The number of alkyl halides is 2.